The van der Waals surface area contributed by atoms with Crippen molar-refractivity contribution in [3.05, 3.63) is 42.0 Å². The molecule has 0 bridgehead atoms. The number of anilines is 1. The molecule has 0 aliphatic carbocycles. The standard InChI is InChI=1S/C24H30N6O/c1-18-7-6-8-20(17-18)23-26-25-21-9-10-22(27-30(21)23)28-15-11-19(12-16-28)24(31)29-13-4-2-3-5-14-29/h6-10,17,19H,2-5,11-16H2,1H3. The molecule has 5 rings (SSSR count). The fourth-order valence-electron chi connectivity index (χ4n) is 4.82. The minimum Gasteiger partial charge on any atom is -0.355 e. The summed E-state index contributed by atoms with van der Waals surface area (Å²) >= 11 is 0. The average molecular weight is 419 g/mol. The van der Waals surface area contributed by atoms with E-state index in [9.17, 15) is 4.79 Å². The van der Waals surface area contributed by atoms with Crippen LogP contribution in [0.25, 0.3) is 17.0 Å². The van der Waals surface area contributed by atoms with E-state index in [0.29, 0.717) is 5.91 Å². The van der Waals surface area contributed by atoms with E-state index in [-0.39, 0.29) is 5.92 Å². The number of amides is 1. The molecule has 2 aliphatic rings. The Kier molecular flexibility index (Phi) is 5.57. The first kappa shape index (κ1) is 20.0. The Labute approximate surface area is 183 Å². The van der Waals surface area contributed by atoms with Crippen molar-refractivity contribution in [1.29, 1.82) is 0 Å². The molecule has 162 valence electrons. The van der Waals surface area contributed by atoms with E-state index in [1.54, 1.807) is 0 Å². The molecule has 0 atom stereocenters. The number of piperidine rings is 1. The summed E-state index contributed by atoms with van der Waals surface area (Å²) in [6.45, 7) is 5.65. The number of aromatic nitrogens is 4. The van der Waals surface area contributed by atoms with Crippen molar-refractivity contribution in [1.82, 2.24) is 24.7 Å². The molecule has 4 heterocycles. The summed E-state index contributed by atoms with van der Waals surface area (Å²) in [6.07, 6.45) is 6.59. The molecular formula is C24H30N6O. The summed E-state index contributed by atoms with van der Waals surface area (Å²) in [4.78, 5) is 17.4. The molecule has 1 amide bonds. The molecule has 7 nitrogen and oxygen atoms in total. The Hall–Kier alpha value is -2.96. The number of nitrogens with zero attached hydrogens (tertiary/aromatic N) is 6. The van der Waals surface area contributed by atoms with Crippen LogP contribution in [-0.2, 0) is 4.79 Å². The zero-order valence-electron chi connectivity index (χ0n) is 18.2. The molecule has 31 heavy (non-hydrogen) atoms. The van der Waals surface area contributed by atoms with Gasteiger partial charge in [-0.25, -0.2) is 0 Å². The molecular weight excluding hydrogens is 388 g/mol. The van der Waals surface area contributed by atoms with E-state index < -0.39 is 0 Å². The molecule has 3 aromatic rings. The number of carbonyl (C=O) groups excluding carboxylic acids is 1. The SMILES string of the molecule is Cc1cccc(-c2nnc3ccc(N4CCC(C(=O)N5CCCCCC5)CC4)nn23)c1. The number of rotatable bonds is 3. The van der Waals surface area contributed by atoms with Crippen molar-refractivity contribution in [2.45, 2.75) is 45.4 Å². The Morgan fingerprint density at radius 1 is 0.935 bits per heavy atom. The van der Waals surface area contributed by atoms with Gasteiger partial charge in [0.25, 0.3) is 0 Å². The molecule has 0 saturated carbocycles. The summed E-state index contributed by atoms with van der Waals surface area (Å²) in [5.41, 5.74) is 2.94. The third-order valence-corrected chi connectivity index (χ3v) is 6.61. The third-order valence-electron chi connectivity index (χ3n) is 6.61. The lowest BCUT2D eigenvalue weighted by molar-refractivity contribution is -0.136. The van der Waals surface area contributed by atoms with Crippen molar-refractivity contribution >= 4 is 17.4 Å². The highest BCUT2D eigenvalue weighted by Gasteiger charge is 2.29. The average Bonchev–Trinajstić information content (AvgIpc) is 3.03. The van der Waals surface area contributed by atoms with Crippen LogP contribution in [0.5, 0.6) is 0 Å². The molecule has 2 aromatic heterocycles. The van der Waals surface area contributed by atoms with Gasteiger partial charge in [0, 0.05) is 37.7 Å². The smallest absolute Gasteiger partial charge is 0.225 e. The van der Waals surface area contributed by atoms with Gasteiger partial charge in [0.05, 0.1) is 0 Å². The molecule has 2 fully saturated rings. The molecule has 2 saturated heterocycles. The summed E-state index contributed by atoms with van der Waals surface area (Å²) in [5.74, 6) is 2.19. The lowest BCUT2D eigenvalue weighted by Gasteiger charge is -2.34. The number of fused-ring (bicyclic) bond motifs is 1. The second-order valence-electron chi connectivity index (χ2n) is 8.86. The first-order valence-corrected chi connectivity index (χ1v) is 11.5. The van der Waals surface area contributed by atoms with Crippen molar-refractivity contribution in [3.8, 4) is 11.4 Å². The lowest BCUT2D eigenvalue weighted by atomic mass is 9.95. The van der Waals surface area contributed by atoms with Crippen LogP contribution in [0.15, 0.2) is 36.4 Å². The van der Waals surface area contributed by atoms with E-state index in [4.69, 9.17) is 5.10 Å². The van der Waals surface area contributed by atoms with Gasteiger partial charge in [0.1, 0.15) is 5.82 Å². The van der Waals surface area contributed by atoms with Crippen molar-refractivity contribution in [2.75, 3.05) is 31.1 Å². The van der Waals surface area contributed by atoms with Gasteiger partial charge < -0.3 is 9.80 Å². The van der Waals surface area contributed by atoms with Gasteiger partial charge in [-0.15, -0.1) is 15.3 Å². The number of aryl methyl sites for hydroxylation is 1. The first-order chi connectivity index (χ1) is 15.2. The maximum Gasteiger partial charge on any atom is 0.225 e. The van der Waals surface area contributed by atoms with Gasteiger partial charge in [-0.3, -0.25) is 4.79 Å². The van der Waals surface area contributed by atoms with Gasteiger partial charge in [0.15, 0.2) is 11.5 Å². The summed E-state index contributed by atoms with van der Waals surface area (Å²) < 4.78 is 1.83. The number of hydrogen-bond acceptors (Lipinski definition) is 5. The number of benzene rings is 1. The third kappa shape index (κ3) is 4.13. The molecule has 0 radical (unpaired) electrons. The fourth-order valence-corrected chi connectivity index (χ4v) is 4.82. The molecule has 0 unspecified atom stereocenters. The highest BCUT2D eigenvalue weighted by molar-refractivity contribution is 5.79. The van der Waals surface area contributed by atoms with Gasteiger partial charge in [-0.05, 0) is 50.8 Å². The summed E-state index contributed by atoms with van der Waals surface area (Å²) in [5, 5.41) is 13.5. The Balaban J connectivity index is 1.30. The van der Waals surface area contributed by atoms with E-state index in [1.165, 1.54) is 18.4 Å². The zero-order chi connectivity index (χ0) is 21.2. The van der Waals surface area contributed by atoms with Gasteiger partial charge in [0.2, 0.25) is 5.91 Å². The van der Waals surface area contributed by atoms with Crippen LogP contribution in [0.2, 0.25) is 0 Å². The largest absolute Gasteiger partial charge is 0.355 e. The maximum atomic E-state index is 13.0. The molecule has 2 aliphatic heterocycles. The quantitative estimate of drug-likeness (QED) is 0.649. The van der Waals surface area contributed by atoms with Crippen LogP contribution in [0.4, 0.5) is 5.82 Å². The van der Waals surface area contributed by atoms with Crippen LogP contribution in [0.3, 0.4) is 0 Å². The second-order valence-corrected chi connectivity index (χ2v) is 8.86. The highest BCUT2D eigenvalue weighted by atomic mass is 16.2. The molecule has 0 N–H and O–H groups in total. The summed E-state index contributed by atoms with van der Waals surface area (Å²) in [6, 6.07) is 12.2. The first-order valence-electron chi connectivity index (χ1n) is 11.5. The predicted octanol–water partition coefficient (Wildman–Crippen LogP) is 3.72. The van der Waals surface area contributed by atoms with E-state index in [0.717, 1.165) is 74.7 Å². The maximum absolute atomic E-state index is 13.0. The minimum absolute atomic E-state index is 0.149. The predicted molar refractivity (Wildman–Crippen MR) is 121 cm³/mol. The van der Waals surface area contributed by atoms with E-state index in [1.807, 2.05) is 28.8 Å². The zero-order valence-corrected chi connectivity index (χ0v) is 18.2. The second kappa shape index (κ2) is 8.65. The number of likely N-dealkylation sites (tertiary alicyclic amines) is 1. The van der Waals surface area contributed by atoms with Gasteiger partial charge >= 0.3 is 0 Å². The minimum atomic E-state index is 0.149. The highest BCUT2D eigenvalue weighted by Crippen LogP contribution is 2.26. The molecule has 7 heteroatoms. The number of carbonyl (C=O) groups is 1. The van der Waals surface area contributed by atoms with Crippen LogP contribution >= 0.6 is 0 Å². The van der Waals surface area contributed by atoms with Crippen LogP contribution in [-0.4, -0.2) is 56.8 Å². The van der Waals surface area contributed by atoms with Crippen molar-refractivity contribution in [3.63, 3.8) is 0 Å². The Bertz CT molecular complexity index is 1060. The normalized spacial score (nSPS) is 18.4. The monoisotopic (exact) mass is 418 g/mol. The number of hydrogen-bond donors (Lipinski definition) is 0. The fraction of sp³-hybridized carbons (Fsp3) is 0.500. The van der Waals surface area contributed by atoms with Gasteiger partial charge in [-0.2, -0.15) is 4.52 Å². The summed E-state index contributed by atoms with van der Waals surface area (Å²) in [7, 11) is 0. The van der Waals surface area contributed by atoms with Crippen LogP contribution in [0.1, 0.15) is 44.1 Å². The van der Waals surface area contributed by atoms with E-state index >= 15 is 0 Å². The Morgan fingerprint density at radius 3 is 2.45 bits per heavy atom. The Morgan fingerprint density at radius 2 is 1.71 bits per heavy atom. The van der Waals surface area contributed by atoms with Crippen LogP contribution in [0, 0.1) is 12.8 Å². The van der Waals surface area contributed by atoms with Crippen molar-refractivity contribution in [2.24, 2.45) is 5.92 Å². The van der Waals surface area contributed by atoms with Crippen molar-refractivity contribution < 1.29 is 4.79 Å². The lowest BCUT2D eigenvalue weighted by Crippen LogP contribution is -2.43. The van der Waals surface area contributed by atoms with Gasteiger partial charge in [-0.1, -0.05) is 36.6 Å². The van der Waals surface area contributed by atoms with Crippen LogP contribution < -0.4 is 4.90 Å². The molecule has 0 spiro atoms. The molecule has 1 aromatic carbocycles. The topological polar surface area (TPSA) is 66.6 Å². The van der Waals surface area contributed by atoms with E-state index in [2.05, 4.69) is 39.1 Å².